The first kappa shape index (κ1) is 18.0. The number of rotatable bonds is 5. The minimum Gasteiger partial charge on any atom is -0.393 e. The molecule has 3 heterocycles. The second-order valence-corrected chi connectivity index (χ2v) is 7.42. The molecule has 7 heteroatoms. The van der Waals surface area contributed by atoms with Crippen LogP contribution < -0.4 is 4.90 Å². The average Bonchev–Trinajstić information content (AvgIpc) is 3.01. The summed E-state index contributed by atoms with van der Waals surface area (Å²) in [7, 11) is 0. The molecule has 1 aliphatic heterocycles. The quantitative estimate of drug-likeness (QED) is 0.657. The molecule has 1 fully saturated rings. The summed E-state index contributed by atoms with van der Waals surface area (Å²) in [5.41, 5.74) is 2.20. The average molecular weight is 383 g/mol. The van der Waals surface area contributed by atoms with Gasteiger partial charge in [-0.15, -0.1) is 5.10 Å². The smallest absolute Gasteiger partial charge is 0.203 e. The number of aliphatic hydroxyl groups is 1. The Bertz CT molecular complexity index is 930. The van der Waals surface area contributed by atoms with E-state index in [9.17, 15) is 5.11 Å². The van der Waals surface area contributed by atoms with Gasteiger partial charge >= 0.3 is 0 Å². The summed E-state index contributed by atoms with van der Waals surface area (Å²) in [6, 6.07) is 14.2. The van der Waals surface area contributed by atoms with Gasteiger partial charge in [-0.2, -0.15) is 4.68 Å². The maximum Gasteiger partial charge on any atom is 0.203 e. The number of aliphatic hydroxyl groups excluding tert-OH is 1. The predicted octanol–water partition coefficient (Wildman–Crippen LogP) is 1.52. The Hall–Kier alpha value is -2.35. The van der Waals surface area contributed by atoms with Crippen molar-refractivity contribution >= 4 is 12.2 Å². The van der Waals surface area contributed by atoms with Crippen LogP contribution in [0, 0.1) is 4.77 Å². The molecule has 0 unspecified atom stereocenters. The SMILES string of the molecule is OC1CC[NH+](Cn2nc(-c3ccncc3)n(Cc3ccccc3)c2=S)CC1. The van der Waals surface area contributed by atoms with Crippen LogP contribution in [0.4, 0.5) is 0 Å². The summed E-state index contributed by atoms with van der Waals surface area (Å²) >= 11 is 5.79. The van der Waals surface area contributed by atoms with E-state index < -0.39 is 0 Å². The van der Waals surface area contributed by atoms with E-state index in [0.717, 1.165) is 48.8 Å². The van der Waals surface area contributed by atoms with Crippen LogP contribution >= 0.6 is 12.2 Å². The molecule has 1 aromatic carbocycles. The van der Waals surface area contributed by atoms with Crippen molar-refractivity contribution in [2.75, 3.05) is 13.1 Å². The Morgan fingerprint density at radius 1 is 1.07 bits per heavy atom. The van der Waals surface area contributed by atoms with E-state index in [4.69, 9.17) is 17.3 Å². The number of benzene rings is 1. The van der Waals surface area contributed by atoms with Crippen molar-refractivity contribution < 1.29 is 10.0 Å². The van der Waals surface area contributed by atoms with Gasteiger partial charge in [0.25, 0.3) is 0 Å². The monoisotopic (exact) mass is 382 g/mol. The molecule has 140 valence electrons. The standard InChI is InChI=1S/C20H23N5OS/c26-18-8-12-23(13-9-18)15-25-20(27)24(14-16-4-2-1-3-5-16)19(22-25)17-6-10-21-11-7-17/h1-7,10-11,18,26H,8-9,12-15H2/p+1. The van der Waals surface area contributed by atoms with E-state index in [-0.39, 0.29) is 6.10 Å². The van der Waals surface area contributed by atoms with Crippen molar-refractivity contribution in [1.29, 1.82) is 0 Å². The number of quaternary nitrogens is 1. The fourth-order valence-corrected chi connectivity index (χ4v) is 3.80. The van der Waals surface area contributed by atoms with Gasteiger partial charge in [-0.1, -0.05) is 30.3 Å². The second kappa shape index (κ2) is 8.12. The van der Waals surface area contributed by atoms with E-state index in [2.05, 4.69) is 21.7 Å². The van der Waals surface area contributed by atoms with Gasteiger partial charge in [-0.05, 0) is 29.9 Å². The van der Waals surface area contributed by atoms with E-state index in [1.165, 1.54) is 10.5 Å². The van der Waals surface area contributed by atoms with Gasteiger partial charge < -0.3 is 10.0 Å². The summed E-state index contributed by atoms with van der Waals surface area (Å²) < 4.78 is 4.75. The van der Waals surface area contributed by atoms with Crippen LogP contribution in [0.1, 0.15) is 18.4 Å². The highest BCUT2D eigenvalue weighted by atomic mass is 32.1. The van der Waals surface area contributed by atoms with Crippen LogP contribution in [0.2, 0.25) is 0 Å². The summed E-state index contributed by atoms with van der Waals surface area (Å²) in [4.78, 5) is 5.52. The molecule has 3 aromatic rings. The Morgan fingerprint density at radius 2 is 1.78 bits per heavy atom. The van der Waals surface area contributed by atoms with Crippen molar-refractivity contribution in [3.63, 3.8) is 0 Å². The summed E-state index contributed by atoms with van der Waals surface area (Å²) in [6.07, 6.45) is 5.07. The molecular weight excluding hydrogens is 358 g/mol. The van der Waals surface area contributed by atoms with Crippen molar-refractivity contribution in [3.8, 4) is 11.4 Å². The van der Waals surface area contributed by atoms with Crippen LogP contribution in [0.5, 0.6) is 0 Å². The maximum absolute atomic E-state index is 9.74. The third-order valence-electron chi connectivity index (χ3n) is 5.08. The van der Waals surface area contributed by atoms with Gasteiger partial charge in [0.1, 0.15) is 0 Å². The minimum atomic E-state index is -0.162. The van der Waals surface area contributed by atoms with Gasteiger partial charge in [0.2, 0.25) is 4.77 Å². The fourth-order valence-electron chi connectivity index (χ4n) is 3.55. The molecule has 2 aromatic heterocycles. The van der Waals surface area contributed by atoms with Crippen LogP contribution in [0.15, 0.2) is 54.9 Å². The molecule has 2 N–H and O–H groups in total. The lowest BCUT2D eigenvalue weighted by molar-refractivity contribution is -0.929. The fraction of sp³-hybridized carbons (Fsp3) is 0.350. The van der Waals surface area contributed by atoms with Gasteiger partial charge in [-0.3, -0.25) is 9.55 Å². The van der Waals surface area contributed by atoms with Crippen molar-refractivity contribution in [2.45, 2.75) is 32.2 Å². The molecule has 0 amide bonds. The van der Waals surface area contributed by atoms with Crippen molar-refractivity contribution in [1.82, 2.24) is 19.3 Å². The highest BCUT2D eigenvalue weighted by Gasteiger charge is 2.22. The summed E-state index contributed by atoms with van der Waals surface area (Å²) in [5.74, 6) is 0.864. The number of nitrogens with zero attached hydrogens (tertiary/aromatic N) is 4. The summed E-state index contributed by atoms with van der Waals surface area (Å²) in [5, 5.41) is 14.6. The molecule has 0 saturated carbocycles. The first-order chi connectivity index (χ1) is 13.2. The van der Waals surface area contributed by atoms with Crippen molar-refractivity contribution in [3.05, 3.63) is 65.2 Å². The lowest BCUT2D eigenvalue weighted by Crippen LogP contribution is -3.12. The molecule has 1 aliphatic rings. The number of piperidine rings is 1. The van der Waals surface area contributed by atoms with E-state index in [1.807, 2.05) is 35.0 Å². The normalized spacial score (nSPS) is 19.9. The number of nitrogens with one attached hydrogen (secondary N) is 1. The summed E-state index contributed by atoms with van der Waals surface area (Å²) in [6.45, 7) is 3.30. The third kappa shape index (κ3) is 4.16. The number of likely N-dealkylation sites (tertiary alicyclic amines) is 1. The Kier molecular flexibility index (Phi) is 5.42. The lowest BCUT2D eigenvalue weighted by Gasteiger charge is -2.26. The topological polar surface area (TPSA) is 60.3 Å². The molecule has 1 saturated heterocycles. The van der Waals surface area contributed by atoms with Gasteiger partial charge in [0.15, 0.2) is 12.5 Å². The highest BCUT2D eigenvalue weighted by Crippen LogP contribution is 2.19. The Morgan fingerprint density at radius 3 is 2.48 bits per heavy atom. The number of aromatic nitrogens is 4. The van der Waals surface area contributed by atoms with Gasteiger partial charge in [0, 0.05) is 30.8 Å². The van der Waals surface area contributed by atoms with Crippen molar-refractivity contribution in [2.24, 2.45) is 0 Å². The van der Waals surface area contributed by atoms with E-state index in [1.54, 1.807) is 12.4 Å². The van der Waals surface area contributed by atoms with Crippen LogP contribution in [-0.4, -0.2) is 43.6 Å². The second-order valence-electron chi connectivity index (χ2n) is 7.05. The molecule has 0 radical (unpaired) electrons. The molecule has 4 rings (SSSR count). The minimum absolute atomic E-state index is 0.162. The zero-order valence-electron chi connectivity index (χ0n) is 15.2. The third-order valence-corrected chi connectivity index (χ3v) is 5.51. The van der Waals surface area contributed by atoms with Gasteiger partial charge in [0.05, 0.1) is 25.7 Å². The molecule has 27 heavy (non-hydrogen) atoms. The van der Waals surface area contributed by atoms with Crippen LogP contribution in [0.3, 0.4) is 0 Å². The molecule has 0 atom stereocenters. The zero-order valence-corrected chi connectivity index (χ0v) is 16.0. The van der Waals surface area contributed by atoms with Gasteiger partial charge in [-0.25, -0.2) is 0 Å². The van der Waals surface area contributed by atoms with Crippen LogP contribution in [-0.2, 0) is 13.2 Å². The Labute approximate surface area is 163 Å². The number of hydrogen-bond acceptors (Lipinski definition) is 4. The maximum atomic E-state index is 9.74. The molecule has 0 aliphatic carbocycles. The molecule has 0 spiro atoms. The molecular formula is C20H24N5OS+. The predicted molar refractivity (Wildman–Crippen MR) is 106 cm³/mol. The highest BCUT2D eigenvalue weighted by molar-refractivity contribution is 7.71. The Balaban J connectivity index is 1.67. The number of hydrogen-bond donors (Lipinski definition) is 2. The zero-order chi connectivity index (χ0) is 18.6. The first-order valence-electron chi connectivity index (χ1n) is 9.34. The molecule has 6 nitrogen and oxygen atoms in total. The molecule has 0 bridgehead atoms. The van der Waals surface area contributed by atoms with E-state index >= 15 is 0 Å². The lowest BCUT2D eigenvalue weighted by atomic mass is 10.1. The van der Waals surface area contributed by atoms with E-state index in [0.29, 0.717) is 6.54 Å². The number of pyridine rings is 1. The largest absolute Gasteiger partial charge is 0.393 e. The van der Waals surface area contributed by atoms with Crippen LogP contribution in [0.25, 0.3) is 11.4 Å². The first-order valence-corrected chi connectivity index (χ1v) is 9.75.